The molecule has 1 N–H and O–H groups in total. The van der Waals surface area contributed by atoms with Gasteiger partial charge in [0.05, 0.1) is 4.92 Å². The highest BCUT2D eigenvalue weighted by atomic mass is 19.1. The van der Waals surface area contributed by atoms with Crippen LogP contribution in [0.15, 0.2) is 18.5 Å². The monoisotopic (exact) mass is 297 g/mol. The van der Waals surface area contributed by atoms with Crippen molar-refractivity contribution in [3.8, 4) is 0 Å². The van der Waals surface area contributed by atoms with Gasteiger partial charge in [-0.15, -0.1) is 10.2 Å². The highest BCUT2D eigenvalue weighted by Gasteiger charge is 2.18. The predicted molar refractivity (Wildman–Crippen MR) is 69.4 cm³/mol. The molecule has 2 aromatic rings. The predicted octanol–water partition coefficient (Wildman–Crippen LogP) is 1.33. The van der Waals surface area contributed by atoms with Gasteiger partial charge in [-0.05, 0) is 0 Å². The maximum atomic E-state index is 13.5. The van der Waals surface area contributed by atoms with Crippen molar-refractivity contribution in [2.45, 2.75) is 13.0 Å². The van der Waals surface area contributed by atoms with Gasteiger partial charge in [0.25, 0.3) is 0 Å². The summed E-state index contributed by atoms with van der Waals surface area (Å²) < 4.78 is 28.5. The van der Waals surface area contributed by atoms with E-state index in [0.29, 0.717) is 19.0 Å². The molecule has 0 aliphatic carbocycles. The summed E-state index contributed by atoms with van der Waals surface area (Å²) in [6.07, 6.45) is 2.14. The minimum absolute atomic E-state index is 0.0427. The molecule has 21 heavy (non-hydrogen) atoms. The Morgan fingerprint density at radius 3 is 2.76 bits per heavy atom. The Labute approximate surface area is 118 Å². The van der Waals surface area contributed by atoms with E-state index < -0.39 is 22.2 Å². The quantitative estimate of drug-likeness (QED) is 0.494. The zero-order valence-corrected chi connectivity index (χ0v) is 11.2. The smallest absolute Gasteiger partial charge is 0.305 e. The number of hydrogen-bond donors (Lipinski definition) is 1. The molecule has 0 radical (unpaired) electrons. The molecule has 1 heterocycles. The van der Waals surface area contributed by atoms with E-state index in [-0.39, 0.29) is 12.1 Å². The molecule has 0 saturated carbocycles. The lowest BCUT2D eigenvalue weighted by atomic mass is 10.1. The fourth-order valence-corrected chi connectivity index (χ4v) is 1.81. The summed E-state index contributed by atoms with van der Waals surface area (Å²) >= 11 is 0. The normalized spacial score (nSPS) is 10.8. The van der Waals surface area contributed by atoms with Crippen LogP contribution in [-0.4, -0.2) is 26.2 Å². The van der Waals surface area contributed by atoms with Gasteiger partial charge in [-0.3, -0.25) is 10.1 Å². The molecule has 7 nitrogen and oxygen atoms in total. The standard InChI is InChI=1S/C12H13F2N5O2/c1-18-7-16-17-12(18)2-3-15-6-8-4-11(19(20)21)10(14)5-9(8)13/h4-5,7,15H,2-3,6H2,1H3. The first-order valence-corrected chi connectivity index (χ1v) is 6.15. The van der Waals surface area contributed by atoms with E-state index in [1.165, 1.54) is 0 Å². The summed E-state index contributed by atoms with van der Waals surface area (Å²) in [6.45, 7) is 0.544. The molecular weight excluding hydrogens is 284 g/mol. The molecular formula is C12H13F2N5O2. The van der Waals surface area contributed by atoms with Gasteiger partial charge in [-0.25, -0.2) is 4.39 Å². The van der Waals surface area contributed by atoms with E-state index in [1.54, 1.807) is 17.9 Å². The third-order valence-electron chi connectivity index (χ3n) is 2.96. The Morgan fingerprint density at radius 2 is 2.14 bits per heavy atom. The first-order valence-electron chi connectivity index (χ1n) is 6.15. The summed E-state index contributed by atoms with van der Waals surface area (Å²) in [5.74, 6) is -1.24. The molecule has 112 valence electrons. The van der Waals surface area contributed by atoms with Crippen LogP contribution < -0.4 is 5.32 Å². The van der Waals surface area contributed by atoms with Gasteiger partial charge >= 0.3 is 5.69 Å². The van der Waals surface area contributed by atoms with Crippen LogP contribution in [0.1, 0.15) is 11.4 Å². The lowest BCUT2D eigenvalue weighted by Gasteiger charge is -2.06. The van der Waals surface area contributed by atoms with Crippen molar-refractivity contribution in [3.63, 3.8) is 0 Å². The van der Waals surface area contributed by atoms with E-state index in [0.717, 1.165) is 11.9 Å². The highest BCUT2D eigenvalue weighted by molar-refractivity contribution is 5.37. The number of nitrogens with zero attached hydrogens (tertiary/aromatic N) is 4. The third-order valence-corrected chi connectivity index (χ3v) is 2.96. The average Bonchev–Trinajstić information content (AvgIpc) is 2.82. The number of nitro groups is 1. The number of benzene rings is 1. The number of aromatic nitrogens is 3. The largest absolute Gasteiger partial charge is 0.321 e. The molecule has 0 spiro atoms. The Morgan fingerprint density at radius 1 is 1.38 bits per heavy atom. The minimum Gasteiger partial charge on any atom is -0.321 e. The van der Waals surface area contributed by atoms with Gasteiger partial charge in [0, 0.05) is 44.3 Å². The number of hydrogen-bond acceptors (Lipinski definition) is 5. The van der Waals surface area contributed by atoms with Crippen LogP contribution in [0.3, 0.4) is 0 Å². The maximum Gasteiger partial charge on any atom is 0.305 e. The summed E-state index contributed by atoms with van der Waals surface area (Å²) in [6, 6.07) is 1.43. The van der Waals surface area contributed by atoms with Gasteiger partial charge in [-0.2, -0.15) is 4.39 Å². The van der Waals surface area contributed by atoms with Crippen molar-refractivity contribution in [3.05, 3.63) is 51.6 Å². The van der Waals surface area contributed by atoms with Crippen molar-refractivity contribution in [1.29, 1.82) is 0 Å². The lowest BCUT2D eigenvalue weighted by Crippen LogP contribution is -2.19. The molecule has 0 aliphatic heterocycles. The molecule has 1 aromatic carbocycles. The summed E-state index contributed by atoms with van der Waals surface area (Å²) in [4.78, 5) is 9.74. The van der Waals surface area contributed by atoms with Gasteiger partial charge in [-0.1, -0.05) is 0 Å². The molecule has 0 bridgehead atoms. The van der Waals surface area contributed by atoms with E-state index in [9.17, 15) is 18.9 Å². The average molecular weight is 297 g/mol. The van der Waals surface area contributed by atoms with Gasteiger partial charge in [0.1, 0.15) is 18.0 Å². The van der Waals surface area contributed by atoms with Crippen molar-refractivity contribution in [1.82, 2.24) is 20.1 Å². The third kappa shape index (κ3) is 3.57. The Bertz CT molecular complexity index is 659. The number of halogens is 2. The number of aryl methyl sites for hydroxylation is 1. The zero-order valence-electron chi connectivity index (χ0n) is 11.2. The van der Waals surface area contributed by atoms with Crippen LogP contribution >= 0.6 is 0 Å². The molecule has 0 amide bonds. The topological polar surface area (TPSA) is 85.9 Å². The SMILES string of the molecule is Cn1cnnc1CCNCc1cc([N+](=O)[O-])c(F)cc1F. The van der Waals surface area contributed by atoms with Crippen molar-refractivity contribution in [2.24, 2.45) is 7.05 Å². The van der Waals surface area contributed by atoms with Crippen LogP contribution in [0.25, 0.3) is 0 Å². The highest BCUT2D eigenvalue weighted by Crippen LogP contribution is 2.21. The van der Waals surface area contributed by atoms with Crippen LogP contribution in [0.4, 0.5) is 14.5 Å². The molecule has 0 atom stereocenters. The molecule has 0 saturated heterocycles. The molecule has 0 aliphatic rings. The van der Waals surface area contributed by atoms with Crippen LogP contribution in [0.2, 0.25) is 0 Å². The second-order valence-electron chi connectivity index (χ2n) is 4.44. The van der Waals surface area contributed by atoms with E-state index in [4.69, 9.17) is 0 Å². The lowest BCUT2D eigenvalue weighted by molar-refractivity contribution is -0.387. The van der Waals surface area contributed by atoms with Crippen molar-refractivity contribution >= 4 is 5.69 Å². The Balaban J connectivity index is 1.95. The first-order chi connectivity index (χ1) is 9.99. The fraction of sp³-hybridized carbons (Fsp3) is 0.333. The number of rotatable bonds is 6. The van der Waals surface area contributed by atoms with Gasteiger partial charge < -0.3 is 9.88 Å². The van der Waals surface area contributed by atoms with Crippen LogP contribution in [0, 0.1) is 21.7 Å². The fourth-order valence-electron chi connectivity index (χ4n) is 1.81. The van der Waals surface area contributed by atoms with E-state index in [1.807, 2.05) is 0 Å². The second kappa shape index (κ2) is 6.35. The molecule has 9 heteroatoms. The minimum atomic E-state index is -1.18. The molecule has 1 aromatic heterocycles. The molecule has 0 unspecified atom stereocenters. The molecule has 2 rings (SSSR count). The molecule has 0 fully saturated rings. The van der Waals surface area contributed by atoms with E-state index >= 15 is 0 Å². The van der Waals surface area contributed by atoms with Gasteiger partial charge in [0.2, 0.25) is 5.82 Å². The number of nitro benzene ring substituents is 1. The second-order valence-corrected chi connectivity index (χ2v) is 4.44. The first kappa shape index (κ1) is 15.0. The number of nitrogens with one attached hydrogen (secondary N) is 1. The zero-order chi connectivity index (χ0) is 15.4. The van der Waals surface area contributed by atoms with Crippen LogP contribution in [-0.2, 0) is 20.0 Å². The summed E-state index contributed by atoms with van der Waals surface area (Å²) in [5.41, 5.74) is -0.692. The Hall–Kier alpha value is -2.42. The van der Waals surface area contributed by atoms with Crippen molar-refractivity contribution < 1.29 is 13.7 Å². The van der Waals surface area contributed by atoms with Gasteiger partial charge in [0.15, 0.2) is 0 Å². The Kier molecular flexibility index (Phi) is 4.53. The summed E-state index contributed by atoms with van der Waals surface area (Å²) in [5, 5.41) is 21.1. The maximum absolute atomic E-state index is 13.5. The van der Waals surface area contributed by atoms with E-state index in [2.05, 4.69) is 15.5 Å². The van der Waals surface area contributed by atoms with Crippen molar-refractivity contribution in [2.75, 3.05) is 6.54 Å². The van der Waals surface area contributed by atoms with Crippen LogP contribution in [0.5, 0.6) is 0 Å². The summed E-state index contributed by atoms with van der Waals surface area (Å²) in [7, 11) is 1.80.